The van der Waals surface area contributed by atoms with E-state index in [0.29, 0.717) is 17.0 Å². The molecule has 3 heteroatoms. The van der Waals surface area contributed by atoms with Gasteiger partial charge in [-0.15, -0.1) is 0 Å². The summed E-state index contributed by atoms with van der Waals surface area (Å²) >= 11 is 6.10. The van der Waals surface area contributed by atoms with Crippen molar-refractivity contribution in [2.75, 3.05) is 0 Å². The predicted octanol–water partition coefficient (Wildman–Crippen LogP) is 4.23. The lowest BCUT2D eigenvalue weighted by Crippen LogP contribution is -2.06. The van der Waals surface area contributed by atoms with Crippen LogP contribution >= 0.6 is 11.6 Å². The first-order valence-electron chi connectivity index (χ1n) is 6.58. The maximum absolute atomic E-state index is 6.10. The highest BCUT2D eigenvalue weighted by Gasteiger charge is 2.25. The quantitative estimate of drug-likeness (QED) is 0.753. The van der Waals surface area contributed by atoms with Gasteiger partial charge >= 0.3 is 0 Å². The van der Waals surface area contributed by atoms with E-state index in [1.54, 1.807) is 0 Å². The van der Waals surface area contributed by atoms with Gasteiger partial charge in [0, 0.05) is 11.6 Å². The molecular formula is C14H21ClN2. The molecule has 1 heterocycles. The van der Waals surface area contributed by atoms with Crippen LogP contribution in [-0.4, -0.2) is 9.97 Å². The van der Waals surface area contributed by atoms with Crippen LogP contribution in [0.3, 0.4) is 0 Å². The minimum Gasteiger partial charge on any atom is -0.238 e. The van der Waals surface area contributed by atoms with Gasteiger partial charge in [0.1, 0.15) is 11.0 Å². The molecule has 1 saturated carbocycles. The van der Waals surface area contributed by atoms with E-state index >= 15 is 0 Å². The summed E-state index contributed by atoms with van der Waals surface area (Å²) in [4.78, 5) is 9.11. The highest BCUT2D eigenvalue weighted by molar-refractivity contribution is 6.29. The van der Waals surface area contributed by atoms with E-state index in [9.17, 15) is 0 Å². The van der Waals surface area contributed by atoms with Crippen LogP contribution in [0.5, 0.6) is 0 Å². The first kappa shape index (κ1) is 12.8. The van der Waals surface area contributed by atoms with Crippen LogP contribution in [0.1, 0.15) is 57.5 Å². The standard InChI is InChI=1S/C14H21ClN2/c1-9(2)6-12-8-13(15)17-14(16-12)11-5-4-10(3)7-11/h8-11H,4-7H2,1-3H3. The molecule has 0 amide bonds. The minimum atomic E-state index is 0.523. The van der Waals surface area contributed by atoms with Crippen LogP contribution in [0.25, 0.3) is 0 Å². The van der Waals surface area contributed by atoms with Crippen molar-refractivity contribution in [1.82, 2.24) is 9.97 Å². The van der Waals surface area contributed by atoms with Gasteiger partial charge in [-0.2, -0.15) is 0 Å². The lowest BCUT2D eigenvalue weighted by atomic mass is 10.0. The van der Waals surface area contributed by atoms with Crippen LogP contribution in [0.4, 0.5) is 0 Å². The number of aromatic nitrogens is 2. The molecule has 0 aliphatic heterocycles. The molecule has 2 atom stereocenters. The Balaban J connectivity index is 2.19. The van der Waals surface area contributed by atoms with Gasteiger partial charge in [0.15, 0.2) is 0 Å². The fraction of sp³-hybridized carbons (Fsp3) is 0.714. The van der Waals surface area contributed by atoms with Crippen molar-refractivity contribution in [3.05, 3.63) is 22.7 Å². The predicted molar refractivity (Wildman–Crippen MR) is 71.3 cm³/mol. The summed E-state index contributed by atoms with van der Waals surface area (Å²) < 4.78 is 0. The molecule has 0 N–H and O–H groups in total. The lowest BCUT2D eigenvalue weighted by molar-refractivity contribution is 0.578. The summed E-state index contributed by atoms with van der Waals surface area (Å²) in [5, 5.41) is 0.602. The van der Waals surface area contributed by atoms with Gasteiger partial charge in [-0.25, -0.2) is 9.97 Å². The highest BCUT2D eigenvalue weighted by Crippen LogP contribution is 2.36. The van der Waals surface area contributed by atoms with Crippen LogP contribution in [0, 0.1) is 11.8 Å². The van der Waals surface area contributed by atoms with Gasteiger partial charge in [0.05, 0.1) is 0 Å². The zero-order valence-electron chi connectivity index (χ0n) is 10.9. The van der Waals surface area contributed by atoms with Gasteiger partial charge in [-0.1, -0.05) is 32.4 Å². The third-order valence-electron chi connectivity index (χ3n) is 3.44. The molecular weight excluding hydrogens is 232 g/mol. The maximum atomic E-state index is 6.10. The molecule has 1 fully saturated rings. The summed E-state index contributed by atoms with van der Waals surface area (Å²) in [6.45, 7) is 6.71. The Morgan fingerprint density at radius 3 is 2.71 bits per heavy atom. The summed E-state index contributed by atoms with van der Waals surface area (Å²) in [6.07, 6.45) is 4.70. The van der Waals surface area contributed by atoms with Gasteiger partial charge in [-0.3, -0.25) is 0 Å². The Hall–Kier alpha value is -0.630. The normalized spacial score (nSPS) is 24.5. The molecule has 1 aliphatic rings. The molecule has 2 unspecified atom stereocenters. The molecule has 2 nitrogen and oxygen atoms in total. The Morgan fingerprint density at radius 1 is 1.35 bits per heavy atom. The summed E-state index contributed by atoms with van der Waals surface area (Å²) in [5.41, 5.74) is 1.09. The average molecular weight is 253 g/mol. The molecule has 0 radical (unpaired) electrons. The van der Waals surface area contributed by atoms with Crippen molar-refractivity contribution in [1.29, 1.82) is 0 Å². The third-order valence-corrected chi connectivity index (χ3v) is 3.64. The van der Waals surface area contributed by atoms with Crippen LogP contribution in [0.2, 0.25) is 5.15 Å². The molecule has 94 valence electrons. The van der Waals surface area contributed by atoms with Crippen molar-refractivity contribution in [2.24, 2.45) is 11.8 Å². The van der Waals surface area contributed by atoms with Crippen LogP contribution < -0.4 is 0 Å². The Labute approximate surface area is 109 Å². The van der Waals surface area contributed by atoms with E-state index in [4.69, 9.17) is 16.6 Å². The second kappa shape index (κ2) is 5.34. The molecule has 0 bridgehead atoms. The zero-order valence-corrected chi connectivity index (χ0v) is 11.7. The molecule has 1 aromatic heterocycles. The number of halogens is 1. The van der Waals surface area contributed by atoms with E-state index in [-0.39, 0.29) is 0 Å². The maximum Gasteiger partial charge on any atom is 0.133 e. The Morgan fingerprint density at radius 2 is 2.12 bits per heavy atom. The van der Waals surface area contributed by atoms with E-state index < -0.39 is 0 Å². The second-order valence-corrected chi connectivity index (χ2v) is 6.14. The molecule has 1 aromatic rings. The van der Waals surface area contributed by atoms with Gasteiger partial charge in [0.2, 0.25) is 0 Å². The van der Waals surface area contributed by atoms with E-state index in [1.165, 1.54) is 19.3 Å². The summed E-state index contributed by atoms with van der Waals surface area (Å²) in [6, 6.07) is 1.91. The van der Waals surface area contributed by atoms with Gasteiger partial charge in [0.25, 0.3) is 0 Å². The molecule has 1 aliphatic carbocycles. The van der Waals surface area contributed by atoms with E-state index in [0.717, 1.165) is 23.9 Å². The Bertz CT molecular complexity index is 390. The molecule has 0 aromatic carbocycles. The van der Waals surface area contributed by atoms with Gasteiger partial charge in [-0.05, 0) is 43.6 Å². The number of nitrogens with zero attached hydrogens (tertiary/aromatic N) is 2. The van der Waals surface area contributed by atoms with Gasteiger partial charge < -0.3 is 0 Å². The van der Waals surface area contributed by atoms with Crippen molar-refractivity contribution < 1.29 is 0 Å². The summed E-state index contributed by atoms with van der Waals surface area (Å²) in [7, 11) is 0. The summed E-state index contributed by atoms with van der Waals surface area (Å²) in [5.74, 6) is 2.90. The van der Waals surface area contributed by atoms with Crippen molar-refractivity contribution in [3.63, 3.8) is 0 Å². The number of hydrogen-bond acceptors (Lipinski definition) is 2. The average Bonchev–Trinajstić information content (AvgIpc) is 2.62. The van der Waals surface area contributed by atoms with Crippen LogP contribution in [-0.2, 0) is 6.42 Å². The SMILES string of the molecule is CC(C)Cc1cc(Cl)nc(C2CCC(C)C2)n1. The molecule has 0 saturated heterocycles. The fourth-order valence-corrected chi connectivity index (χ4v) is 2.84. The zero-order chi connectivity index (χ0) is 12.4. The first-order valence-corrected chi connectivity index (χ1v) is 6.95. The van der Waals surface area contributed by atoms with Crippen LogP contribution in [0.15, 0.2) is 6.07 Å². The lowest BCUT2D eigenvalue weighted by Gasteiger charge is -2.11. The first-order chi connectivity index (χ1) is 8.04. The van der Waals surface area contributed by atoms with Crippen molar-refractivity contribution in [2.45, 2.75) is 52.4 Å². The molecule has 0 spiro atoms. The minimum absolute atomic E-state index is 0.523. The van der Waals surface area contributed by atoms with E-state index in [2.05, 4.69) is 25.8 Å². The third kappa shape index (κ3) is 3.41. The van der Waals surface area contributed by atoms with Crippen molar-refractivity contribution in [3.8, 4) is 0 Å². The smallest absolute Gasteiger partial charge is 0.133 e. The number of hydrogen-bond donors (Lipinski definition) is 0. The van der Waals surface area contributed by atoms with Crippen molar-refractivity contribution >= 4 is 11.6 Å². The molecule has 2 rings (SSSR count). The largest absolute Gasteiger partial charge is 0.238 e. The fourth-order valence-electron chi connectivity index (χ4n) is 2.63. The second-order valence-electron chi connectivity index (χ2n) is 5.75. The molecule has 17 heavy (non-hydrogen) atoms. The Kier molecular flexibility index (Phi) is 4.03. The monoisotopic (exact) mass is 252 g/mol. The topological polar surface area (TPSA) is 25.8 Å². The van der Waals surface area contributed by atoms with E-state index in [1.807, 2.05) is 6.07 Å². The highest BCUT2D eigenvalue weighted by atomic mass is 35.5. The number of rotatable bonds is 3.